The molecule has 2 nitrogen and oxygen atoms in total. The van der Waals surface area contributed by atoms with Gasteiger partial charge in [-0.25, -0.2) is 8.78 Å². The van der Waals surface area contributed by atoms with Gasteiger partial charge in [0.15, 0.2) is 0 Å². The first-order valence-electron chi connectivity index (χ1n) is 5.18. The summed E-state index contributed by atoms with van der Waals surface area (Å²) in [7, 11) is 0. The van der Waals surface area contributed by atoms with Gasteiger partial charge in [-0.2, -0.15) is 0 Å². The van der Waals surface area contributed by atoms with Gasteiger partial charge in [0.05, 0.1) is 5.69 Å². The van der Waals surface area contributed by atoms with E-state index in [-0.39, 0.29) is 12.2 Å². The van der Waals surface area contributed by atoms with E-state index in [1.165, 1.54) is 6.07 Å². The smallest absolute Gasteiger partial charge is 0.142 e. The monoisotopic (exact) mass is 269 g/mol. The molecule has 94 valence electrons. The van der Waals surface area contributed by atoms with Crippen molar-refractivity contribution >= 4 is 17.3 Å². The normalized spacial score (nSPS) is 10.4. The summed E-state index contributed by atoms with van der Waals surface area (Å²) in [4.78, 5) is 0. The molecule has 2 rings (SSSR count). The number of nitrogen functional groups attached to an aromatic ring is 1. The van der Waals surface area contributed by atoms with Crippen molar-refractivity contribution in [1.82, 2.24) is 0 Å². The Labute approximate surface area is 108 Å². The molecule has 0 spiro atoms. The van der Waals surface area contributed by atoms with E-state index in [9.17, 15) is 8.78 Å². The second kappa shape index (κ2) is 5.23. The van der Waals surface area contributed by atoms with Gasteiger partial charge in [0.25, 0.3) is 0 Å². The average molecular weight is 270 g/mol. The van der Waals surface area contributed by atoms with E-state index in [1.807, 2.05) is 0 Å². The van der Waals surface area contributed by atoms with Crippen LogP contribution in [0.15, 0.2) is 36.4 Å². The summed E-state index contributed by atoms with van der Waals surface area (Å²) in [5, 5.41) is 0.483. The van der Waals surface area contributed by atoms with Crippen molar-refractivity contribution in [2.24, 2.45) is 0 Å². The minimum atomic E-state index is -0.524. The molecular formula is C13H10ClF2NO. The van der Waals surface area contributed by atoms with Gasteiger partial charge in [-0.1, -0.05) is 11.6 Å². The van der Waals surface area contributed by atoms with Crippen molar-refractivity contribution in [1.29, 1.82) is 0 Å². The minimum absolute atomic E-state index is 0.102. The second-order valence-corrected chi connectivity index (χ2v) is 4.14. The molecule has 0 amide bonds. The predicted octanol–water partition coefficient (Wildman–Crippen LogP) is 3.78. The molecule has 0 atom stereocenters. The summed E-state index contributed by atoms with van der Waals surface area (Å²) in [5.74, 6) is -0.661. The summed E-state index contributed by atoms with van der Waals surface area (Å²) >= 11 is 5.73. The number of nitrogens with two attached hydrogens (primary N) is 1. The molecule has 18 heavy (non-hydrogen) atoms. The van der Waals surface area contributed by atoms with Gasteiger partial charge in [0, 0.05) is 10.6 Å². The highest BCUT2D eigenvalue weighted by atomic mass is 35.5. The van der Waals surface area contributed by atoms with Crippen molar-refractivity contribution in [3.05, 3.63) is 58.6 Å². The number of ether oxygens (including phenoxy) is 1. The van der Waals surface area contributed by atoms with Crippen LogP contribution >= 0.6 is 11.6 Å². The van der Waals surface area contributed by atoms with Crippen LogP contribution in [-0.2, 0) is 6.61 Å². The molecule has 0 fully saturated rings. The van der Waals surface area contributed by atoms with Gasteiger partial charge in [0.2, 0.25) is 0 Å². The molecule has 0 aliphatic heterocycles. The van der Waals surface area contributed by atoms with E-state index in [0.717, 1.165) is 18.2 Å². The molecule has 0 bridgehead atoms. The van der Waals surface area contributed by atoms with E-state index in [0.29, 0.717) is 16.5 Å². The zero-order valence-electron chi connectivity index (χ0n) is 9.29. The van der Waals surface area contributed by atoms with Crippen LogP contribution in [0.2, 0.25) is 5.02 Å². The molecule has 0 aliphatic carbocycles. The average Bonchev–Trinajstić information content (AvgIpc) is 2.32. The Morgan fingerprint density at radius 1 is 1.11 bits per heavy atom. The molecule has 0 saturated heterocycles. The van der Waals surface area contributed by atoms with E-state index >= 15 is 0 Å². The van der Waals surface area contributed by atoms with Crippen LogP contribution < -0.4 is 10.5 Å². The number of rotatable bonds is 3. The lowest BCUT2D eigenvalue weighted by Gasteiger charge is -2.09. The van der Waals surface area contributed by atoms with Crippen molar-refractivity contribution in [3.8, 4) is 5.75 Å². The molecule has 0 heterocycles. The van der Waals surface area contributed by atoms with Crippen molar-refractivity contribution < 1.29 is 13.5 Å². The molecule has 2 N–H and O–H groups in total. The maximum Gasteiger partial charge on any atom is 0.142 e. The van der Waals surface area contributed by atoms with Crippen LogP contribution in [-0.4, -0.2) is 0 Å². The minimum Gasteiger partial charge on any atom is -0.487 e. The summed E-state index contributed by atoms with van der Waals surface area (Å²) < 4.78 is 31.6. The molecule has 0 aliphatic rings. The van der Waals surface area contributed by atoms with Crippen LogP contribution in [0.25, 0.3) is 0 Å². The van der Waals surface area contributed by atoms with Gasteiger partial charge in [-0.05, 0) is 36.4 Å². The summed E-state index contributed by atoms with van der Waals surface area (Å²) in [6.07, 6.45) is 0. The van der Waals surface area contributed by atoms with Crippen LogP contribution in [0.5, 0.6) is 5.75 Å². The van der Waals surface area contributed by atoms with Crippen LogP contribution in [0.1, 0.15) is 5.56 Å². The third kappa shape index (κ3) is 2.90. The van der Waals surface area contributed by atoms with Crippen molar-refractivity contribution in [2.45, 2.75) is 6.61 Å². The van der Waals surface area contributed by atoms with Crippen LogP contribution in [0.3, 0.4) is 0 Å². The van der Waals surface area contributed by atoms with E-state index in [4.69, 9.17) is 22.1 Å². The van der Waals surface area contributed by atoms with Gasteiger partial charge >= 0.3 is 0 Å². The third-order valence-electron chi connectivity index (χ3n) is 2.36. The largest absolute Gasteiger partial charge is 0.487 e. The Bertz CT molecular complexity index is 575. The van der Waals surface area contributed by atoms with Crippen molar-refractivity contribution in [2.75, 3.05) is 5.73 Å². The van der Waals surface area contributed by atoms with E-state index < -0.39 is 11.6 Å². The number of halogens is 3. The molecule has 2 aromatic rings. The van der Waals surface area contributed by atoms with Crippen LogP contribution in [0, 0.1) is 11.6 Å². The zero-order valence-corrected chi connectivity index (χ0v) is 10.0. The maximum absolute atomic E-state index is 13.3. The lowest BCUT2D eigenvalue weighted by Crippen LogP contribution is -2.01. The Morgan fingerprint density at radius 2 is 1.89 bits per heavy atom. The fraction of sp³-hybridized carbons (Fsp3) is 0.0769. The SMILES string of the molecule is Nc1cc(Cl)ccc1OCc1cc(F)ccc1F. The Kier molecular flexibility index (Phi) is 3.67. The van der Waals surface area contributed by atoms with E-state index in [1.54, 1.807) is 12.1 Å². The lowest BCUT2D eigenvalue weighted by molar-refractivity contribution is 0.300. The summed E-state index contributed by atoms with van der Waals surface area (Å²) in [5.41, 5.74) is 6.15. The maximum atomic E-state index is 13.3. The molecule has 0 unspecified atom stereocenters. The second-order valence-electron chi connectivity index (χ2n) is 3.71. The number of hydrogen-bond acceptors (Lipinski definition) is 2. The predicted molar refractivity (Wildman–Crippen MR) is 66.6 cm³/mol. The van der Waals surface area contributed by atoms with Crippen molar-refractivity contribution in [3.63, 3.8) is 0 Å². The lowest BCUT2D eigenvalue weighted by atomic mass is 10.2. The number of hydrogen-bond donors (Lipinski definition) is 1. The number of benzene rings is 2. The topological polar surface area (TPSA) is 35.2 Å². The molecule has 2 aromatic carbocycles. The highest BCUT2D eigenvalue weighted by Gasteiger charge is 2.06. The molecular weight excluding hydrogens is 260 g/mol. The Balaban J connectivity index is 2.13. The van der Waals surface area contributed by atoms with Gasteiger partial charge in [-0.15, -0.1) is 0 Å². The van der Waals surface area contributed by atoms with Gasteiger partial charge in [0.1, 0.15) is 24.0 Å². The Morgan fingerprint density at radius 3 is 2.61 bits per heavy atom. The fourth-order valence-corrected chi connectivity index (χ4v) is 1.64. The molecule has 0 saturated carbocycles. The molecule has 0 radical (unpaired) electrons. The molecule has 0 aromatic heterocycles. The third-order valence-corrected chi connectivity index (χ3v) is 2.60. The van der Waals surface area contributed by atoms with Gasteiger partial charge < -0.3 is 10.5 Å². The van der Waals surface area contributed by atoms with Gasteiger partial charge in [-0.3, -0.25) is 0 Å². The zero-order chi connectivity index (χ0) is 13.1. The summed E-state index contributed by atoms with van der Waals surface area (Å²) in [6, 6.07) is 7.90. The highest BCUT2D eigenvalue weighted by Crippen LogP contribution is 2.26. The fourth-order valence-electron chi connectivity index (χ4n) is 1.46. The first kappa shape index (κ1) is 12.6. The quantitative estimate of drug-likeness (QED) is 0.861. The Hall–Kier alpha value is -1.81. The number of anilines is 1. The highest BCUT2D eigenvalue weighted by molar-refractivity contribution is 6.30. The molecule has 5 heteroatoms. The standard InChI is InChI=1S/C13H10ClF2NO/c14-9-1-4-13(12(17)6-9)18-7-8-5-10(15)2-3-11(8)16/h1-6H,7,17H2. The first-order valence-corrected chi connectivity index (χ1v) is 5.56. The van der Waals surface area contributed by atoms with E-state index in [2.05, 4.69) is 0 Å². The first-order chi connectivity index (χ1) is 8.56. The summed E-state index contributed by atoms with van der Waals surface area (Å²) in [6.45, 7) is -0.102. The van der Waals surface area contributed by atoms with Crippen LogP contribution in [0.4, 0.5) is 14.5 Å².